The van der Waals surface area contributed by atoms with E-state index >= 15 is 0 Å². The Morgan fingerprint density at radius 3 is 2.02 bits per heavy atom. The Bertz CT molecular complexity index is 3000. The van der Waals surface area contributed by atoms with Crippen LogP contribution in [0.5, 0.6) is 0 Å². The molecule has 56 heavy (non-hydrogen) atoms. The van der Waals surface area contributed by atoms with Gasteiger partial charge < -0.3 is 14.3 Å². The van der Waals surface area contributed by atoms with E-state index in [1.165, 1.54) is 33.0 Å². The number of hydrogen-bond donors (Lipinski definition) is 1. The van der Waals surface area contributed by atoms with Crippen LogP contribution in [0, 0.1) is 0 Å². The SMILES string of the molecule is C1=Cc2c(oc3c(-n4c5ccccc5c5ccc(C6=CC(c7ccccc7)N=C(c7ccccc7)N6)cc54)cccc23)C(c2ccc(-c3ccccc3)cc2)C1. The molecule has 1 N–H and O–H groups in total. The molecule has 2 unspecified atom stereocenters. The minimum atomic E-state index is -0.122. The summed E-state index contributed by atoms with van der Waals surface area (Å²) in [6.07, 6.45) is 7.69. The van der Waals surface area contributed by atoms with Gasteiger partial charge in [-0.2, -0.15) is 0 Å². The molecule has 4 nitrogen and oxygen atoms in total. The van der Waals surface area contributed by atoms with Crippen LogP contribution in [-0.2, 0) is 0 Å². The highest BCUT2D eigenvalue weighted by Gasteiger charge is 2.28. The largest absolute Gasteiger partial charge is 0.458 e. The summed E-state index contributed by atoms with van der Waals surface area (Å²) in [6.45, 7) is 0. The Hall–Kier alpha value is -7.17. The van der Waals surface area contributed by atoms with Crippen LogP contribution >= 0.6 is 0 Å². The highest BCUT2D eigenvalue weighted by atomic mass is 16.3. The van der Waals surface area contributed by atoms with Crippen molar-refractivity contribution in [2.24, 2.45) is 4.99 Å². The molecule has 11 rings (SSSR count). The molecular weight excluding hydrogens is 683 g/mol. The molecule has 0 bridgehead atoms. The maximum Gasteiger partial charge on any atom is 0.158 e. The smallest absolute Gasteiger partial charge is 0.158 e. The minimum Gasteiger partial charge on any atom is -0.458 e. The van der Waals surface area contributed by atoms with Crippen LogP contribution in [0.1, 0.15) is 52.0 Å². The predicted octanol–water partition coefficient (Wildman–Crippen LogP) is 12.9. The summed E-state index contributed by atoms with van der Waals surface area (Å²) in [5, 5.41) is 7.25. The van der Waals surface area contributed by atoms with Crippen LogP contribution < -0.4 is 5.32 Å². The van der Waals surface area contributed by atoms with Crippen LogP contribution in [0.2, 0.25) is 0 Å². The molecule has 2 aliphatic rings. The first-order valence-electron chi connectivity index (χ1n) is 19.4. The first kappa shape index (κ1) is 32.3. The van der Waals surface area contributed by atoms with E-state index in [1.54, 1.807) is 0 Å². The van der Waals surface area contributed by atoms with Crippen LogP contribution in [0.15, 0.2) is 197 Å². The third kappa shape index (κ3) is 5.41. The molecular formula is C52H37N3O. The van der Waals surface area contributed by atoms with Gasteiger partial charge in [-0.3, -0.25) is 4.99 Å². The zero-order valence-corrected chi connectivity index (χ0v) is 30.6. The molecule has 0 spiro atoms. The Kier molecular flexibility index (Phi) is 7.66. The monoisotopic (exact) mass is 719 g/mol. The summed E-state index contributed by atoms with van der Waals surface area (Å²) in [4.78, 5) is 5.18. The molecule has 3 heterocycles. The summed E-state index contributed by atoms with van der Waals surface area (Å²) >= 11 is 0. The van der Waals surface area contributed by atoms with E-state index in [0.717, 1.165) is 68.1 Å². The number of amidine groups is 1. The lowest BCUT2D eigenvalue weighted by Gasteiger charge is -2.23. The highest BCUT2D eigenvalue weighted by molar-refractivity contribution is 6.12. The fourth-order valence-electron chi connectivity index (χ4n) is 8.67. The number of nitrogens with zero attached hydrogens (tertiary/aromatic N) is 2. The van der Waals surface area contributed by atoms with Crippen molar-refractivity contribution in [3.05, 3.63) is 222 Å². The second-order valence-electron chi connectivity index (χ2n) is 14.7. The maximum atomic E-state index is 7.09. The quantitative estimate of drug-likeness (QED) is 0.186. The maximum absolute atomic E-state index is 7.09. The third-order valence-corrected chi connectivity index (χ3v) is 11.4. The molecule has 0 radical (unpaired) electrons. The molecule has 0 fully saturated rings. The topological polar surface area (TPSA) is 42.5 Å². The van der Waals surface area contributed by atoms with Crippen molar-refractivity contribution < 1.29 is 4.42 Å². The molecule has 266 valence electrons. The Morgan fingerprint density at radius 2 is 1.21 bits per heavy atom. The van der Waals surface area contributed by atoms with E-state index in [1.807, 2.05) is 6.07 Å². The summed E-state index contributed by atoms with van der Waals surface area (Å²) in [5.41, 5.74) is 13.4. The lowest BCUT2D eigenvalue weighted by molar-refractivity contribution is 0.516. The van der Waals surface area contributed by atoms with E-state index in [4.69, 9.17) is 9.41 Å². The average molecular weight is 720 g/mol. The molecule has 2 atom stereocenters. The second kappa shape index (κ2) is 13.3. The molecule has 0 saturated carbocycles. The summed E-state index contributed by atoms with van der Waals surface area (Å²) in [6, 6.07) is 62.5. The number of fused-ring (bicyclic) bond motifs is 6. The van der Waals surface area contributed by atoms with Gasteiger partial charge in [-0.15, -0.1) is 0 Å². The third-order valence-electron chi connectivity index (χ3n) is 11.4. The van der Waals surface area contributed by atoms with Gasteiger partial charge in [0.05, 0.1) is 22.8 Å². The van der Waals surface area contributed by atoms with Crippen molar-refractivity contribution in [2.75, 3.05) is 0 Å². The second-order valence-corrected chi connectivity index (χ2v) is 14.7. The van der Waals surface area contributed by atoms with Gasteiger partial charge >= 0.3 is 0 Å². The normalized spacial score (nSPS) is 16.4. The first-order chi connectivity index (χ1) is 27.8. The van der Waals surface area contributed by atoms with Gasteiger partial charge in [-0.05, 0) is 58.5 Å². The van der Waals surface area contributed by atoms with Gasteiger partial charge in [0.15, 0.2) is 5.58 Å². The minimum absolute atomic E-state index is 0.122. The first-order valence-corrected chi connectivity index (χ1v) is 19.4. The molecule has 9 aromatic rings. The van der Waals surface area contributed by atoms with E-state index < -0.39 is 0 Å². The number of aliphatic imine (C=N–C) groups is 1. The fourth-order valence-corrected chi connectivity index (χ4v) is 8.67. The van der Waals surface area contributed by atoms with Gasteiger partial charge in [0, 0.05) is 38.9 Å². The van der Waals surface area contributed by atoms with Gasteiger partial charge in [0.2, 0.25) is 0 Å². The highest BCUT2D eigenvalue weighted by Crippen LogP contribution is 2.44. The zero-order valence-electron chi connectivity index (χ0n) is 30.6. The lowest BCUT2D eigenvalue weighted by atomic mass is 9.86. The van der Waals surface area contributed by atoms with Crippen molar-refractivity contribution in [3.63, 3.8) is 0 Å². The van der Waals surface area contributed by atoms with E-state index in [0.29, 0.717) is 0 Å². The molecule has 0 saturated heterocycles. The van der Waals surface area contributed by atoms with Crippen molar-refractivity contribution >= 4 is 50.4 Å². The summed E-state index contributed by atoms with van der Waals surface area (Å²) < 4.78 is 9.48. The average Bonchev–Trinajstić information content (AvgIpc) is 3.83. The lowest BCUT2D eigenvalue weighted by Crippen LogP contribution is -2.27. The number of nitrogens with one attached hydrogen (secondary N) is 1. The van der Waals surface area contributed by atoms with Crippen LogP contribution in [0.25, 0.3) is 61.4 Å². The Balaban J connectivity index is 1.05. The Labute approximate surface area is 325 Å². The predicted molar refractivity (Wildman–Crippen MR) is 231 cm³/mol. The van der Waals surface area contributed by atoms with Crippen LogP contribution in [0.4, 0.5) is 0 Å². The molecule has 4 heteroatoms. The summed E-state index contributed by atoms with van der Waals surface area (Å²) in [7, 11) is 0. The molecule has 0 amide bonds. The van der Waals surface area contributed by atoms with E-state index in [2.05, 4.69) is 198 Å². The van der Waals surface area contributed by atoms with Crippen molar-refractivity contribution in [3.8, 4) is 16.8 Å². The van der Waals surface area contributed by atoms with Crippen LogP contribution in [-0.4, -0.2) is 10.4 Å². The molecule has 7 aromatic carbocycles. The van der Waals surface area contributed by atoms with Gasteiger partial charge in [0.1, 0.15) is 11.6 Å². The number of para-hydroxylation sites is 2. The number of benzene rings is 7. The van der Waals surface area contributed by atoms with Crippen molar-refractivity contribution in [1.82, 2.24) is 9.88 Å². The fraction of sp³-hybridized carbons (Fsp3) is 0.0577. The summed E-state index contributed by atoms with van der Waals surface area (Å²) in [5.74, 6) is 2.02. The Morgan fingerprint density at radius 1 is 0.554 bits per heavy atom. The van der Waals surface area contributed by atoms with E-state index in [-0.39, 0.29) is 12.0 Å². The van der Waals surface area contributed by atoms with Crippen LogP contribution in [0.3, 0.4) is 0 Å². The number of aromatic nitrogens is 1. The standard InChI is InChI=1S/C52H37N3O/c1-4-14-34(15-5-1)35-26-28-36(29-27-35)40-21-12-22-43-44-23-13-25-48(51(44)56-50(40)43)55-47-24-11-10-20-41(47)42-31-30-39(32-49(42)55)46-33-45(37-16-6-2-7-17-37)53-52(54-46)38-18-8-3-9-19-38/h1-20,22-33,40,45H,21H2,(H,53,54). The number of hydrogen-bond acceptors (Lipinski definition) is 3. The molecule has 2 aromatic heterocycles. The van der Waals surface area contributed by atoms with Gasteiger partial charge in [-0.1, -0.05) is 170 Å². The van der Waals surface area contributed by atoms with Crippen molar-refractivity contribution in [2.45, 2.75) is 18.4 Å². The molecule has 1 aliphatic heterocycles. The zero-order chi connectivity index (χ0) is 37.0. The molecule has 1 aliphatic carbocycles. The number of rotatable bonds is 6. The van der Waals surface area contributed by atoms with E-state index in [9.17, 15) is 0 Å². The number of furan rings is 1. The number of allylic oxidation sites excluding steroid dienone is 1. The van der Waals surface area contributed by atoms with Crippen molar-refractivity contribution in [1.29, 1.82) is 0 Å². The van der Waals surface area contributed by atoms with Gasteiger partial charge in [0.25, 0.3) is 0 Å². The van der Waals surface area contributed by atoms with Gasteiger partial charge in [-0.25, -0.2) is 0 Å².